The number of nitrogens with zero attached hydrogens (tertiary/aromatic N) is 4. The molecule has 0 radical (unpaired) electrons. The van der Waals surface area contributed by atoms with Crippen molar-refractivity contribution >= 4 is 23.1 Å². The molecule has 182 valence electrons. The molecule has 36 heavy (non-hydrogen) atoms. The summed E-state index contributed by atoms with van der Waals surface area (Å²) in [7, 11) is 1.96. The van der Waals surface area contributed by atoms with E-state index in [0.29, 0.717) is 30.2 Å². The van der Waals surface area contributed by atoms with E-state index in [9.17, 15) is 4.79 Å². The number of anilines is 3. The lowest BCUT2D eigenvalue weighted by molar-refractivity contribution is 0.102. The van der Waals surface area contributed by atoms with Crippen LogP contribution in [0.25, 0.3) is 11.3 Å². The highest BCUT2D eigenvalue weighted by molar-refractivity contribution is 6.07. The van der Waals surface area contributed by atoms with Crippen molar-refractivity contribution in [2.45, 2.75) is 12.6 Å². The maximum atomic E-state index is 13.1. The monoisotopic (exact) mass is 481 g/mol. The zero-order valence-electron chi connectivity index (χ0n) is 19.9. The summed E-state index contributed by atoms with van der Waals surface area (Å²) in [4.78, 5) is 28.2. The molecule has 0 unspecified atom stereocenters. The zero-order valence-corrected chi connectivity index (χ0v) is 19.9. The molecule has 9 nitrogen and oxygen atoms in total. The molecule has 2 aromatic heterocycles. The van der Waals surface area contributed by atoms with Gasteiger partial charge in [-0.05, 0) is 23.8 Å². The first kappa shape index (κ1) is 23.3. The molecule has 0 fully saturated rings. The third-order valence-corrected chi connectivity index (χ3v) is 5.95. The number of rotatable bonds is 4. The van der Waals surface area contributed by atoms with Crippen molar-refractivity contribution in [2.24, 2.45) is 0 Å². The van der Waals surface area contributed by atoms with Crippen LogP contribution in [0.1, 0.15) is 16.1 Å². The minimum atomic E-state index is -0.455. The van der Waals surface area contributed by atoms with Gasteiger partial charge in [0.05, 0.1) is 36.0 Å². The van der Waals surface area contributed by atoms with E-state index in [4.69, 9.17) is 10.5 Å². The number of nitrogens with two attached hydrogens (primary N) is 1. The third-order valence-electron chi connectivity index (χ3n) is 5.95. The predicted octanol–water partition coefficient (Wildman–Crippen LogP) is 3.36. The quantitative estimate of drug-likeness (QED) is 0.406. The first-order valence-corrected chi connectivity index (χ1v) is 11.7. The van der Waals surface area contributed by atoms with Crippen LogP contribution >= 0.6 is 0 Å². The van der Waals surface area contributed by atoms with Gasteiger partial charge in [0.25, 0.3) is 5.91 Å². The molecule has 1 amide bonds. The molecule has 2 aromatic carbocycles. The van der Waals surface area contributed by atoms with E-state index >= 15 is 0 Å². The van der Waals surface area contributed by atoms with Crippen molar-refractivity contribution in [3.8, 4) is 17.0 Å². The second-order valence-electron chi connectivity index (χ2n) is 8.57. The molecule has 4 N–H and O–H groups in total. The molecule has 5 rings (SSSR count). The Bertz CT molecular complexity index is 1360. The summed E-state index contributed by atoms with van der Waals surface area (Å²) in [5.41, 5.74) is 9.84. The lowest BCUT2D eigenvalue weighted by atomic mass is 10.1. The number of fused-ring (bicyclic) bond motifs is 5. The highest BCUT2D eigenvalue weighted by atomic mass is 16.5. The molecule has 0 spiro atoms. The van der Waals surface area contributed by atoms with Gasteiger partial charge in [-0.2, -0.15) is 0 Å². The van der Waals surface area contributed by atoms with Gasteiger partial charge in [0.15, 0.2) is 11.5 Å². The molecule has 9 heteroatoms. The first-order valence-electron chi connectivity index (χ1n) is 11.7. The normalized spacial score (nSPS) is 15.3. The van der Waals surface area contributed by atoms with Gasteiger partial charge in [-0.3, -0.25) is 9.78 Å². The van der Waals surface area contributed by atoms with Crippen LogP contribution in [0.2, 0.25) is 0 Å². The fourth-order valence-electron chi connectivity index (χ4n) is 4.17. The Hall–Kier alpha value is -4.50. The molecular weight excluding hydrogens is 454 g/mol. The van der Waals surface area contributed by atoms with E-state index in [-0.39, 0.29) is 17.6 Å². The Labute approximate surface area is 209 Å². The Kier molecular flexibility index (Phi) is 6.72. The van der Waals surface area contributed by atoms with Crippen molar-refractivity contribution in [3.63, 3.8) is 0 Å². The van der Waals surface area contributed by atoms with E-state index in [2.05, 4.69) is 37.7 Å². The van der Waals surface area contributed by atoms with Gasteiger partial charge < -0.3 is 26.0 Å². The van der Waals surface area contributed by atoms with E-state index in [1.54, 1.807) is 18.6 Å². The van der Waals surface area contributed by atoms with Crippen LogP contribution in [-0.4, -0.2) is 47.1 Å². The van der Waals surface area contributed by atoms with Crippen LogP contribution in [0.5, 0.6) is 5.75 Å². The Morgan fingerprint density at radius 2 is 1.92 bits per heavy atom. The van der Waals surface area contributed by atoms with Crippen LogP contribution in [-0.2, 0) is 6.54 Å². The highest BCUT2D eigenvalue weighted by Gasteiger charge is 2.23. The lowest BCUT2D eigenvalue weighted by Gasteiger charge is -2.28. The summed E-state index contributed by atoms with van der Waals surface area (Å²) in [6, 6.07) is 19.7. The summed E-state index contributed by atoms with van der Waals surface area (Å²) in [5, 5.41) is 6.41. The van der Waals surface area contributed by atoms with Crippen LogP contribution in [0.4, 0.5) is 17.2 Å². The second kappa shape index (κ2) is 10.4. The SMILES string of the molecule is CN1C[C@@H](CNCc2ccccc2)Oc2ccccc2-c2cnc(N)c(n2)C(=O)Nc2cnccc21. The molecule has 0 aliphatic carbocycles. The molecule has 0 saturated carbocycles. The number of carbonyl (C=O) groups is 1. The average molecular weight is 482 g/mol. The Morgan fingerprint density at radius 1 is 1.11 bits per heavy atom. The maximum Gasteiger partial charge on any atom is 0.278 e. The summed E-state index contributed by atoms with van der Waals surface area (Å²) in [5.74, 6) is 0.242. The van der Waals surface area contributed by atoms with E-state index in [1.165, 1.54) is 5.56 Å². The summed E-state index contributed by atoms with van der Waals surface area (Å²) >= 11 is 0. The maximum absolute atomic E-state index is 13.1. The van der Waals surface area contributed by atoms with Crippen LogP contribution in [0.15, 0.2) is 79.3 Å². The first-order chi connectivity index (χ1) is 17.6. The van der Waals surface area contributed by atoms with Crippen molar-refractivity contribution < 1.29 is 9.53 Å². The summed E-state index contributed by atoms with van der Waals surface area (Å²) in [6.45, 7) is 1.86. The Balaban J connectivity index is 1.52. The third kappa shape index (κ3) is 5.11. The van der Waals surface area contributed by atoms with Gasteiger partial charge in [-0.1, -0.05) is 42.5 Å². The molecule has 2 bridgehead atoms. The minimum Gasteiger partial charge on any atom is -0.487 e. The molecule has 0 saturated heterocycles. The van der Waals surface area contributed by atoms with Crippen molar-refractivity contribution in [1.82, 2.24) is 20.3 Å². The number of hydrogen-bond donors (Lipinski definition) is 3. The average Bonchev–Trinajstić information content (AvgIpc) is 2.90. The molecule has 1 aliphatic heterocycles. The summed E-state index contributed by atoms with van der Waals surface area (Å²) < 4.78 is 6.56. The number of hydrogen-bond acceptors (Lipinski definition) is 8. The summed E-state index contributed by atoms with van der Waals surface area (Å²) in [6.07, 6.45) is 4.62. The van der Waals surface area contributed by atoms with Gasteiger partial charge >= 0.3 is 0 Å². The zero-order chi connectivity index (χ0) is 24.9. The largest absolute Gasteiger partial charge is 0.487 e. The van der Waals surface area contributed by atoms with Gasteiger partial charge in [-0.25, -0.2) is 9.97 Å². The molecule has 1 aliphatic rings. The van der Waals surface area contributed by atoms with Crippen molar-refractivity contribution in [1.29, 1.82) is 0 Å². The predicted molar refractivity (Wildman–Crippen MR) is 140 cm³/mol. The van der Waals surface area contributed by atoms with Crippen LogP contribution < -0.4 is 26.0 Å². The number of likely N-dealkylation sites (N-methyl/N-ethyl adjacent to an activating group) is 1. The van der Waals surface area contributed by atoms with Crippen molar-refractivity contribution in [3.05, 3.63) is 90.5 Å². The highest BCUT2D eigenvalue weighted by Crippen LogP contribution is 2.31. The number of benzene rings is 2. The number of nitrogen functional groups attached to an aromatic ring is 1. The van der Waals surface area contributed by atoms with Gasteiger partial charge in [-0.15, -0.1) is 0 Å². The molecule has 1 atom stereocenters. The molecule has 4 aromatic rings. The number of amides is 1. The van der Waals surface area contributed by atoms with Crippen molar-refractivity contribution in [2.75, 3.05) is 36.1 Å². The topological polar surface area (TPSA) is 118 Å². The van der Waals surface area contributed by atoms with E-state index in [0.717, 1.165) is 17.8 Å². The number of nitrogens with one attached hydrogen (secondary N) is 2. The number of ether oxygens (including phenoxy) is 1. The number of carbonyl (C=O) groups excluding carboxylic acids is 1. The lowest BCUT2D eigenvalue weighted by Crippen LogP contribution is -2.40. The van der Waals surface area contributed by atoms with Gasteiger partial charge in [0, 0.05) is 31.9 Å². The Morgan fingerprint density at radius 3 is 2.78 bits per heavy atom. The van der Waals surface area contributed by atoms with E-state index in [1.807, 2.05) is 60.5 Å². The number of aromatic nitrogens is 3. The van der Waals surface area contributed by atoms with E-state index < -0.39 is 5.91 Å². The molecule has 3 heterocycles. The van der Waals surface area contributed by atoms with Crippen LogP contribution in [0, 0.1) is 0 Å². The smallest absolute Gasteiger partial charge is 0.278 e. The fourth-order valence-corrected chi connectivity index (χ4v) is 4.17. The minimum absolute atomic E-state index is 0.0417. The van der Waals surface area contributed by atoms with Crippen LogP contribution in [0.3, 0.4) is 0 Å². The number of para-hydroxylation sites is 1. The second-order valence-corrected chi connectivity index (χ2v) is 8.57. The van der Waals surface area contributed by atoms with Gasteiger partial charge in [0.2, 0.25) is 0 Å². The number of pyridine rings is 1. The fraction of sp³-hybridized carbons (Fsp3) is 0.185. The standard InChI is InChI=1S/C27H27N7O2/c1-34-17-19(14-30-13-18-7-3-2-4-8-18)36-24-10-6-5-9-20(24)21-16-31-26(28)25(32-21)27(35)33-22-15-29-12-11-23(22)34/h2-12,15-16,19,30H,13-14,17H2,1H3,(H2,28,31)(H,33,35)/t19-/m1/s1. The molecular formula is C27H27N7O2. The van der Waals surface area contributed by atoms with Gasteiger partial charge in [0.1, 0.15) is 11.9 Å².